The number of aliphatic hydroxyl groups is 1. The maximum Gasteiger partial charge on any atom is 0.514 e. The monoisotopic (exact) mass is 762 g/mol. The number of piperidine rings is 1. The van der Waals surface area contributed by atoms with Gasteiger partial charge in [0.15, 0.2) is 11.5 Å². The van der Waals surface area contributed by atoms with Gasteiger partial charge >= 0.3 is 18.1 Å². The van der Waals surface area contributed by atoms with Gasteiger partial charge in [0, 0.05) is 42.9 Å². The zero-order valence-corrected chi connectivity index (χ0v) is 31.8. The fraction of sp³-hybridized carbons (Fsp3) is 0.439. The number of methoxy groups -OCH3 is 4. The molecule has 0 bridgehead atoms. The topological polar surface area (TPSA) is 155 Å². The average molecular weight is 763 g/mol. The number of aryl methyl sites for hydroxylation is 1. The molecule has 294 valence electrons. The maximum atomic E-state index is 13.8. The van der Waals surface area contributed by atoms with Crippen LogP contribution in [0.4, 0.5) is 9.18 Å². The van der Waals surface area contributed by atoms with Crippen molar-refractivity contribution in [1.29, 1.82) is 0 Å². The molecule has 3 heterocycles. The summed E-state index contributed by atoms with van der Waals surface area (Å²) in [5.74, 6) is -0.937. The zero-order valence-electron chi connectivity index (χ0n) is 31.8. The first-order valence-corrected chi connectivity index (χ1v) is 18.1. The molecule has 14 heteroatoms. The van der Waals surface area contributed by atoms with Crippen LogP contribution >= 0.6 is 0 Å². The smallest absolute Gasteiger partial charge is 0.497 e. The highest BCUT2D eigenvalue weighted by molar-refractivity contribution is 5.91. The summed E-state index contributed by atoms with van der Waals surface area (Å²) < 4.78 is 52.1. The number of carbonyl (C=O) groups is 3. The van der Waals surface area contributed by atoms with Crippen LogP contribution in [0.3, 0.4) is 0 Å². The molecule has 2 fully saturated rings. The molecule has 0 spiro atoms. The molecular formula is C41H47FN2O11. The van der Waals surface area contributed by atoms with Crippen molar-refractivity contribution in [2.75, 3.05) is 48.6 Å². The molecule has 2 aliphatic heterocycles. The Balaban J connectivity index is 0.00000253. The van der Waals surface area contributed by atoms with Gasteiger partial charge in [-0.05, 0) is 97.5 Å². The fourth-order valence-electron chi connectivity index (χ4n) is 8.52. The minimum absolute atomic E-state index is 0.0317. The lowest BCUT2D eigenvalue weighted by Gasteiger charge is -2.51. The first-order valence-electron chi connectivity index (χ1n) is 18.1. The van der Waals surface area contributed by atoms with E-state index in [1.807, 2.05) is 12.1 Å². The standard InChI is InChI=1S/C40H43FN2O10.CH4O/c1-21-10-22(12-25(41)11-21)20-51-40(46)53-37-34(48-3)14-23(15-35(37)49-4)38(44)52-27-13-24-19-43-9-8-29-28-7-6-26(47-2)17-32(28)42-36(29)33(43)18-30(24)31(16-27)39(45)50-5;1-2/h6-7,10-12,14-15,17,24,27,30-31,33,42H,8-9,13,16,18-20H2,1-5H3;2H,1H3/t24-,27?,30+,31?,33?;/m1./s1. The SMILES string of the molecule is CO.COC(=O)C1CC(OC(=O)c2cc(OC)c(OC(=O)OCc3cc(C)cc(F)c3)c(OC)c2)C[C@@H]2CN3CCc4c([nH]c5cc(OC)ccc45)C3C[C@H]12. The number of benzene rings is 3. The summed E-state index contributed by atoms with van der Waals surface area (Å²) in [6, 6.07) is 13.3. The van der Waals surface area contributed by atoms with Crippen molar-refractivity contribution in [3.63, 3.8) is 0 Å². The molecule has 4 aromatic rings. The second-order valence-electron chi connectivity index (χ2n) is 14.0. The Morgan fingerprint density at radius 3 is 2.35 bits per heavy atom. The molecule has 7 rings (SSSR count). The summed E-state index contributed by atoms with van der Waals surface area (Å²) in [6.07, 6.45) is 0.990. The molecule has 3 aliphatic rings. The third-order valence-corrected chi connectivity index (χ3v) is 10.9. The molecule has 1 saturated heterocycles. The number of aliphatic hydroxyl groups excluding tert-OH is 1. The zero-order chi connectivity index (χ0) is 39.4. The van der Waals surface area contributed by atoms with Gasteiger partial charge in [-0.3, -0.25) is 9.69 Å². The highest BCUT2D eigenvalue weighted by atomic mass is 19.1. The van der Waals surface area contributed by atoms with E-state index < -0.39 is 30.0 Å². The number of nitrogens with zero attached hydrogens (tertiary/aromatic N) is 1. The largest absolute Gasteiger partial charge is 0.514 e. The van der Waals surface area contributed by atoms with Crippen molar-refractivity contribution in [1.82, 2.24) is 9.88 Å². The van der Waals surface area contributed by atoms with Crippen LogP contribution in [-0.2, 0) is 32.0 Å². The van der Waals surface area contributed by atoms with Crippen molar-refractivity contribution in [3.05, 3.63) is 82.3 Å². The number of fused-ring (bicyclic) bond motifs is 6. The summed E-state index contributed by atoms with van der Waals surface area (Å²) >= 11 is 0. The number of carbonyl (C=O) groups excluding carboxylic acids is 3. The maximum absolute atomic E-state index is 13.8. The predicted octanol–water partition coefficient (Wildman–Crippen LogP) is 6.31. The number of nitrogens with one attached hydrogen (secondary N) is 1. The Labute approximate surface area is 318 Å². The fourth-order valence-corrected chi connectivity index (χ4v) is 8.52. The Morgan fingerprint density at radius 2 is 1.67 bits per heavy atom. The van der Waals surface area contributed by atoms with Crippen molar-refractivity contribution in [2.45, 2.75) is 51.4 Å². The molecule has 0 amide bonds. The number of aromatic nitrogens is 1. The van der Waals surface area contributed by atoms with Gasteiger partial charge in [0.05, 0.1) is 46.0 Å². The van der Waals surface area contributed by atoms with Crippen molar-refractivity contribution < 1.29 is 57.0 Å². The van der Waals surface area contributed by atoms with Crippen LogP contribution in [0.2, 0.25) is 0 Å². The molecule has 13 nitrogen and oxygen atoms in total. The number of rotatable bonds is 9. The second kappa shape index (κ2) is 17.0. The second-order valence-corrected chi connectivity index (χ2v) is 14.0. The normalized spacial score (nSPS) is 21.4. The molecule has 5 atom stereocenters. The predicted molar refractivity (Wildman–Crippen MR) is 198 cm³/mol. The van der Waals surface area contributed by atoms with Gasteiger partial charge < -0.3 is 43.2 Å². The first kappa shape index (κ1) is 39.4. The van der Waals surface area contributed by atoms with E-state index in [-0.39, 0.29) is 53.3 Å². The molecule has 2 N–H and O–H groups in total. The first-order chi connectivity index (χ1) is 26.6. The van der Waals surface area contributed by atoms with Gasteiger partial charge in [-0.25, -0.2) is 14.0 Å². The van der Waals surface area contributed by atoms with Crippen LogP contribution in [-0.4, -0.2) is 87.8 Å². The van der Waals surface area contributed by atoms with Crippen LogP contribution in [0, 0.1) is 30.5 Å². The van der Waals surface area contributed by atoms with E-state index in [0.717, 1.165) is 44.3 Å². The van der Waals surface area contributed by atoms with E-state index >= 15 is 0 Å². The van der Waals surface area contributed by atoms with Gasteiger partial charge in [0.25, 0.3) is 0 Å². The Kier molecular flexibility index (Phi) is 12.2. The molecule has 0 radical (unpaired) electrons. The number of hydrogen-bond donors (Lipinski definition) is 2. The quantitative estimate of drug-likeness (QED) is 0.112. The minimum atomic E-state index is -1.08. The summed E-state index contributed by atoms with van der Waals surface area (Å²) in [5, 5.41) is 8.20. The van der Waals surface area contributed by atoms with E-state index in [1.54, 1.807) is 20.1 Å². The third-order valence-electron chi connectivity index (χ3n) is 10.9. The van der Waals surface area contributed by atoms with Gasteiger partial charge in [0.1, 0.15) is 24.3 Å². The summed E-state index contributed by atoms with van der Waals surface area (Å²) in [5.41, 5.74) is 4.79. The van der Waals surface area contributed by atoms with E-state index in [4.69, 9.17) is 38.3 Å². The average Bonchev–Trinajstić information content (AvgIpc) is 3.57. The van der Waals surface area contributed by atoms with Crippen LogP contribution in [0.25, 0.3) is 10.9 Å². The number of H-pyrrole nitrogens is 1. The van der Waals surface area contributed by atoms with Gasteiger partial charge in [0.2, 0.25) is 5.75 Å². The lowest BCUT2D eigenvalue weighted by Crippen LogP contribution is -2.52. The van der Waals surface area contributed by atoms with Crippen molar-refractivity contribution >= 4 is 29.0 Å². The van der Waals surface area contributed by atoms with E-state index in [1.165, 1.54) is 62.2 Å². The van der Waals surface area contributed by atoms with Gasteiger partial charge in [-0.2, -0.15) is 0 Å². The molecule has 1 aromatic heterocycles. The van der Waals surface area contributed by atoms with Crippen molar-refractivity contribution in [2.24, 2.45) is 17.8 Å². The van der Waals surface area contributed by atoms with Crippen LogP contribution in [0.15, 0.2) is 48.5 Å². The summed E-state index contributed by atoms with van der Waals surface area (Å²) in [4.78, 5) is 45.7. The van der Waals surface area contributed by atoms with Crippen molar-refractivity contribution in [3.8, 4) is 23.0 Å². The number of halogens is 1. The number of ether oxygens (including phenoxy) is 7. The highest BCUT2D eigenvalue weighted by Crippen LogP contribution is 2.50. The molecule has 1 saturated carbocycles. The lowest BCUT2D eigenvalue weighted by atomic mass is 9.65. The highest BCUT2D eigenvalue weighted by Gasteiger charge is 2.49. The van der Waals surface area contributed by atoms with Crippen LogP contribution < -0.4 is 18.9 Å². The van der Waals surface area contributed by atoms with Gasteiger partial charge in [-0.15, -0.1) is 0 Å². The number of esters is 2. The summed E-state index contributed by atoms with van der Waals surface area (Å²) in [7, 11) is 6.76. The van der Waals surface area contributed by atoms with E-state index in [2.05, 4.69) is 16.0 Å². The number of hydrogen-bond acceptors (Lipinski definition) is 12. The minimum Gasteiger partial charge on any atom is -0.497 e. The Morgan fingerprint density at radius 1 is 0.927 bits per heavy atom. The summed E-state index contributed by atoms with van der Waals surface area (Å²) in [6.45, 7) is 3.16. The third kappa shape index (κ3) is 8.20. The van der Waals surface area contributed by atoms with E-state index in [0.29, 0.717) is 24.0 Å². The Bertz CT molecular complexity index is 2000. The lowest BCUT2D eigenvalue weighted by molar-refractivity contribution is -0.155. The molecule has 3 unspecified atom stereocenters. The number of aromatic amines is 1. The molecule has 3 aromatic carbocycles. The molecular weight excluding hydrogens is 715 g/mol. The van der Waals surface area contributed by atoms with E-state index in [9.17, 15) is 18.8 Å². The Hall–Kier alpha value is -5.34. The van der Waals surface area contributed by atoms with Crippen LogP contribution in [0.1, 0.15) is 58.0 Å². The van der Waals surface area contributed by atoms with Crippen LogP contribution in [0.5, 0.6) is 23.0 Å². The molecule has 1 aliphatic carbocycles. The van der Waals surface area contributed by atoms with Gasteiger partial charge in [-0.1, -0.05) is 6.07 Å². The molecule has 55 heavy (non-hydrogen) atoms.